The van der Waals surface area contributed by atoms with Gasteiger partial charge in [0.25, 0.3) is 5.91 Å². The highest BCUT2D eigenvalue weighted by molar-refractivity contribution is 6.31. The lowest BCUT2D eigenvalue weighted by atomic mass is 9.93. The number of hydrogen-bond acceptors (Lipinski definition) is 3. The van der Waals surface area contributed by atoms with Crippen molar-refractivity contribution in [3.8, 4) is 5.75 Å². The summed E-state index contributed by atoms with van der Waals surface area (Å²) in [5.41, 5.74) is 6.03. The van der Waals surface area contributed by atoms with Crippen LogP contribution in [0.2, 0.25) is 5.02 Å². The van der Waals surface area contributed by atoms with E-state index >= 15 is 0 Å². The van der Waals surface area contributed by atoms with Gasteiger partial charge in [-0.25, -0.2) is 0 Å². The number of primary amides is 1. The topological polar surface area (TPSA) is 72.6 Å². The Morgan fingerprint density at radius 2 is 2.22 bits per heavy atom. The Morgan fingerprint density at radius 3 is 2.96 bits per heavy atom. The van der Waals surface area contributed by atoms with Crippen LogP contribution in [0.1, 0.15) is 31.2 Å². The zero-order chi connectivity index (χ0) is 16.8. The van der Waals surface area contributed by atoms with Crippen LogP contribution in [0.15, 0.2) is 18.2 Å². The molecule has 126 valence electrons. The van der Waals surface area contributed by atoms with Gasteiger partial charge in [0.15, 0.2) is 6.61 Å². The van der Waals surface area contributed by atoms with E-state index < -0.39 is 0 Å². The smallest absolute Gasteiger partial charge is 0.260 e. The van der Waals surface area contributed by atoms with E-state index in [4.69, 9.17) is 22.1 Å². The van der Waals surface area contributed by atoms with E-state index in [2.05, 4.69) is 0 Å². The first-order valence-corrected chi connectivity index (χ1v) is 8.29. The first-order valence-electron chi connectivity index (χ1n) is 7.91. The zero-order valence-electron chi connectivity index (χ0n) is 13.4. The van der Waals surface area contributed by atoms with Gasteiger partial charge in [-0.15, -0.1) is 0 Å². The van der Waals surface area contributed by atoms with Gasteiger partial charge in [0, 0.05) is 30.1 Å². The van der Waals surface area contributed by atoms with Crippen molar-refractivity contribution in [3.63, 3.8) is 0 Å². The third-order valence-electron chi connectivity index (χ3n) is 4.24. The quantitative estimate of drug-likeness (QED) is 0.866. The van der Waals surface area contributed by atoms with Gasteiger partial charge in [0.05, 0.1) is 0 Å². The van der Waals surface area contributed by atoms with Gasteiger partial charge < -0.3 is 15.4 Å². The number of nitrogens with two attached hydrogens (primary N) is 1. The molecule has 2 amide bonds. The Kier molecular flexibility index (Phi) is 6.28. The number of benzene rings is 1. The summed E-state index contributed by atoms with van der Waals surface area (Å²) < 4.78 is 5.62. The number of hydrogen-bond donors (Lipinski definition) is 1. The van der Waals surface area contributed by atoms with Gasteiger partial charge in [-0.1, -0.05) is 17.7 Å². The van der Waals surface area contributed by atoms with Gasteiger partial charge in [0.1, 0.15) is 5.75 Å². The van der Waals surface area contributed by atoms with Crippen LogP contribution in [0.3, 0.4) is 0 Å². The van der Waals surface area contributed by atoms with Crippen LogP contribution in [0.5, 0.6) is 5.75 Å². The van der Waals surface area contributed by atoms with Gasteiger partial charge in [-0.2, -0.15) is 0 Å². The summed E-state index contributed by atoms with van der Waals surface area (Å²) in [4.78, 5) is 25.0. The van der Waals surface area contributed by atoms with E-state index in [0.29, 0.717) is 29.7 Å². The SMILES string of the molecule is Cc1c(Cl)cccc1OCC(=O)N1CCCC(CCC(N)=O)C1. The Bertz CT molecular complexity index is 577. The number of likely N-dealkylation sites (tertiary alicyclic amines) is 1. The van der Waals surface area contributed by atoms with E-state index in [9.17, 15) is 9.59 Å². The molecule has 1 aliphatic rings. The molecule has 1 heterocycles. The van der Waals surface area contributed by atoms with Crippen LogP contribution in [-0.2, 0) is 9.59 Å². The average molecular weight is 339 g/mol. The highest BCUT2D eigenvalue weighted by atomic mass is 35.5. The summed E-state index contributed by atoms with van der Waals surface area (Å²) in [6.45, 7) is 3.28. The number of nitrogens with zero attached hydrogens (tertiary/aromatic N) is 1. The van der Waals surface area contributed by atoms with E-state index in [1.54, 1.807) is 18.2 Å². The Morgan fingerprint density at radius 1 is 1.43 bits per heavy atom. The minimum absolute atomic E-state index is 0.00369. The molecule has 0 bridgehead atoms. The number of carbonyl (C=O) groups excluding carboxylic acids is 2. The molecule has 0 spiro atoms. The summed E-state index contributed by atoms with van der Waals surface area (Å²) in [5.74, 6) is 0.655. The summed E-state index contributed by atoms with van der Waals surface area (Å²) in [5, 5.41) is 0.624. The molecule has 0 aliphatic carbocycles. The minimum Gasteiger partial charge on any atom is -0.483 e. The maximum atomic E-state index is 12.3. The molecule has 1 unspecified atom stereocenters. The molecule has 1 atom stereocenters. The van der Waals surface area contributed by atoms with Crippen molar-refractivity contribution < 1.29 is 14.3 Å². The lowest BCUT2D eigenvalue weighted by Gasteiger charge is -2.32. The number of piperidine rings is 1. The van der Waals surface area contributed by atoms with Crippen molar-refractivity contribution >= 4 is 23.4 Å². The second-order valence-corrected chi connectivity index (χ2v) is 6.41. The predicted molar refractivity (Wildman–Crippen MR) is 89.4 cm³/mol. The average Bonchev–Trinajstić information content (AvgIpc) is 2.54. The van der Waals surface area contributed by atoms with Crippen LogP contribution in [0, 0.1) is 12.8 Å². The fourth-order valence-corrected chi connectivity index (χ4v) is 3.01. The van der Waals surface area contributed by atoms with E-state index in [-0.39, 0.29) is 18.4 Å². The molecular formula is C17H23ClN2O3. The van der Waals surface area contributed by atoms with Crippen molar-refractivity contribution in [1.29, 1.82) is 0 Å². The third kappa shape index (κ3) is 5.13. The van der Waals surface area contributed by atoms with Crippen LogP contribution < -0.4 is 10.5 Å². The first-order chi connectivity index (χ1) is 11.0. The summed E-state index contributed by atoms with van der Waals surface area (Å²) in [6.07, 6.45) is 3.11. The normalized spacial score (nSPS) is 17.8. The largest absolute Gasteiger partial charge is 0.483 e. The third-order valence-corrected chi connectivity index (χ3v) is 4.65. The lowest BCUT2D eigenvalue weighted by molar-refractivity contribution is -0.135. The number of rotatable bonds is 6. The molecule has 1 aliphatic heterocycles. The first kappa shape index (κ1) is 17.6. The summed E-state index contributed by atoms with van der Waals surface area (Å²) in [6, 6.07) is 5.40. The van der Waals surface area contributed by atoms with Crippen molar-refractivity contribution in [2.24, 2.45) is 11.7 Å². The van der Waals surface area contributed by atoms with Crippen LogP contribution in [0.4, 0.5) is 0 Å². The Balaban J connectivity index is 1.85. The van der Waals surface area contributed by atoms with Crippen LogP contribution in [-0.4, -0.2) is 36.4 Å². The van der Waals surface area contributed by atoms with E-state index in [1.807, 2.05) is 11.8 Å². The fourth-order valence-electron chi connectivity index (χ4n) is 2.85. The molecule has 0 saturated carbocycles. The molecule has 2 N–H and O–H groups in total. The van der Waals surface area contributed by atoms with Crippen molar-refractivity contribution in [1.82, 2.24) is 4.90 Å². The maximum Gasteiger partial charge on any atom is 0.260 e. The number of halogens is 1. The van der Waals surface area contributed by atoms with Gasteiger partial charge in [0.2, 0.25) is 5.91 Å². The van der Waals surface area contributed by atoms with Crippen LogP contribution >= 0.6 is 11.6 Å². The molecule has 1 saturated heterocycles. The second kappa shape index (κ2) is 8.20. The Hall–Kier alpha value is -1.75. The Labute approximate surface area is 141 Å². The highest BCUT2D eigenvalue weighted by Crippen LogP contribution is 2.25. The molecule has 1 fully saturated rings. The number of carbonyl (C=O) groups is 2. The molecule has 5 nitrogen and oxygen atoms in total. The number of ether oxygens (including phenoxy) is 1. The molecule has 1 aromatic carbocycles. The predicted octanol–water partition coefficient (Wildman–Crippen LogP) is 2.53. The molecule has 2 rings (SSSR count). The summed E-state index contributed by atoms with van der Waals surface area (Å²) >= 11 is 6.04. The van der Waals surface area contributed by atoms with Gasteiger partial charge in [-0.3, -0.25) is 9.59 Å². The molecule has 1 aromatic rings. The van der Waals surface area contributed by atoms with Crippen LogP contribution in [0.25, 0.3) is 0 Å². The van der Waals surface area contributed by atoms with Gasteiger partial charge in [-0.05, 0) is 44.2 Å². The van der Waals surface area contributed by atoms with Crippen molar-refractivity contribution in [2.45, 2.75) is 32.6 Å². The van der Waals surface area contributed by atoms with Gasteiger partial charge >= 0.3 is 0 Å². The maximum absolute atomic E-state index is 12.3. The standard InChI is InChI=1S/C17H23ClN2O3/c1-12-14(18)5-2-6-15(12)23-11-17(22)20-9-3-4-13(10-20)7-8-16(19)21/h2,5-6,13H,3-4,7-11H2,1H3,(H2,19,21). The molecule has 23 heavy (non-hydrogen) atoms. The van der Waals surface area contributed by atoms with E-state index in [1.165, 1.54) is 0 Å². The van der Waals surface area contributed by atoms with Crippen molar-refractivity contribution in [2.75, 3.05) is 19.7 Å². The lowest BCUT2D eigenvalue weighted by Crippen LogP contribution is -2.42. The number of amides is 2. The second-order valence-electron chi connectivity index (χ2n) is 6.00. The fraction of sp³-hybridized carbons (Fsp3) is 0.529. The van der Waals surface area contributed by atoms with Crippen molar-refractivity contribution in [3.05, 3.63) is 28.8 Å². The molecule has 6 heteroatoms. The highest BCUT2D eigenvalue weighted by Gasteiger charge is 2.24. The molecule has 0 radical (unpaired) electrons. The molecule has 0 aromatic heterocycles. The summed E-state index contributed by atoms with van der Waals surface area (Å²) in [7, 11) is 0. The monoisotopic (exact) mass is 338 g/mol. The molecular weight excluding hydrogens is 316 g/mol. The zero-order valence-corrected chi connectivity index (χ0v) is 14.1. The minimum atomic E-state index is -0.284. The van der Waals surface area contributed by atoms with E-state index in [0.717, 1.165) is 31.4 Å².